The molecule has 5 nitrogen and oxygen atoms in total. The molecule has 1 aromatic heterocycles. The number of amides is 1. The molecule has 2 heterocycles. The molecule has 0 radical (unpaired) electrons. The Morgan fingerprint density at radius 1 is 1.44 bits per heavy atom. The summed E-state index contributed by atoms with van der Waals surface area (Å²) in [5, 5.41) is 8.99. The van der Waals surface area contributed by atoms with Crippen LogP contribution in [0, 0.1) is 0 Å². The van der Waals surface area contributed by atoms with Crippen LogP contribution < -0.4 is 0 Å². The van der Waals surface area contributed by atoms with Crippen LogP contribution in [0.2, 0.25) is 0 Å². The molecule has 0 bridgehead atoms. The minimum absolute atomic E-state index is 0.273. The van der Waals surface area contributed by atoms with Crippen molar-refractivity contribution in [3.63, 3.8) is 0 Å². The van der Waals surface area contributed by atoms with Crippen LogP contribution in [0.3, 0.4) is 0 Å². The molecule has 1 aliphatic heterocycles. The number of pyridine rings is 1. The highest BCUT2D eigenvalue weighted by Crippen LogP contribution is 2.17. The van der Waals surface area contributed by atoms with E-state index >= 15 is 0 Å². The molecular weight excluding hydrogens is 232 g/mol. The SMILES string of the molecule is O=C(O)C1CCCN1C(=O)C=Cc1ccccn1. The van der Waals surface area contributed by atoms with Crippen molar-refractivity contribution in [3.8, 4) is 0 Å². The Morgan fingerprint density at radius 3 is 2.94 bits per heavy atom. The number of carboxylic acids is 1. The van der Waals surface area contributed by atoms with Crippen LogP contribution >= 0.6 is 0 Å². The maximum atomic E-state index is 11.9. The van der Waals surface area contributed by atoms with Gasteiger partial charge in [-0.15, -0.1) is 0 Å². The lowest BCUT2D eigenvalue weighted by Crippen LogP contribution is -2.39. The van der Waals surface area contributed by atoms with E-state index in [9.17, 15) is 9.59 Å². The molecule has 1 aliphatic rings. The molecule has 94 valence electrons. The Bertz CT molecular complexity index is 470. The first-order valence-corrected chi connectivity index (χ1v) is 5.81. The summed E-state index contributed by atoms with van der Waals surface area (Å²) in [6, 6.07) is 4.71. The highest BCUT2D eigenvalue weighted by atomic mass is 16.4. The third-order valence-electron chi connectivity index (χ3n) is 2.91. The first kappa shape index (κ1) is 12.3. The van der Waals surface area contributed by atoms with Crippen LogP contribution in [0.5, 0.6) is 0 Å². The molecule has 0 aliphatic carbocycles. The summed E-state index contributed by atoms with van der Waals surface area (Å²) >= 11 is 0. The van der Waals surface area contributed by atoms with Gasteiger partial charge in [0.15, 0.2) is 0 Å². The number of carbonyl (C=O) groups is 2. The summed E-state index contributed by atoms with van der Waals surface area (Å²) in [4.78, 5) is 28.3. The Kier molecular flexibility index (Phi) is 3.72. The van der Waals surface area contributed by atoms with Crippen molar-refractivity contribution in [1.82, 2.24) is 9.88 Å². The third kappa shape index (κ3) is 2.74. The van der Waals surface area contributed by atoms with Crippen molar-refractivity contribution in [3.05, 3.63) is 36.2 Å². The Labute approximate surface area is 105 Å². The number of carbonyl (C=O) groups excluding carboxylic acids is 1. The monoisotopic (exact) mass is 246 g/mol. The van der Waals surface area contributed by atoms with E-state index in [0.29, 0.717) is 18.7 Å². The summed E-state index contributed by atoms with van der Waals surface area (Å²) < 4.78 is 0. The number of carboxylic acid groups (broad SMARTS) is 1. The molecule has 0 saturated carbocycles. The summed E-state index contributed by atoms with van der Waals surface area (Å²) in [5.74, 6) is -1.21. The number of likely N-dealkylation sites (tertiary alicyclic amines) is 1. The maximum absolute atomic E-state index is 11.9. The molecule has 0 aromatic carbocycles. The number of rotatable bonds is 3. The second-order valence-corrected chi connectivity index (χ2v) is 4.12. The van der Waals surface area contributed by atoms with E-state index in [-0.39, 0.29) is 5.91 Å². The maximum Gasteiger partial charge on any atom is 0.326 e. The van der Waals surface area contributed by atoms with Crippen LogP contribution in [-0.2, 0) is 9.59 Å². The van der Waals surface area contributed by atoms with Crippen molar-refractivity contribution in [1.29, 1.82) is 0 Å². The molecule has 18 heavy (non-hydrogen) atoms. The smallest absolute Gasteiger partial charge is 0.326 e. The quantitative estimate of drug-likeness (QED) is 0.813. The van der Waals surface area contributed by atoms with Crippen LogP contribution in [0.1, 0.15) is 18.5 Å². The minimum atomic E-state index is -0.938. The van der Waals surface area contributed by atoms with Gasteiger partial charge >= 0.3 is 5.97 Å². The van der Waals surface area contributed by atoms with Gasteiger partial charge in [0.05, 0.1) is 5.69 Å². The highest BCUT2D eigenvalue weighted by Gasteiger charge is 2.32. The topological polar surface area (TPSA) is 70.5 Å². The zero-order valence-electron chi connectivity index (χ0n) is 9.82. The van der Waals surface area contributed by atoms with Gasteiger partial charge in [-0.25, -0.2) is 4.79 Å². The van der Waals surface area contributed by atoms with Gasteiger partial charge in [0, 0.05) is 18.8 Å². The largest absolute Gasteiger partial charge is 0.480 e. The van der Waals surface area contributed by atoms with E-state index in [4.69, 9.17) is 5.11 Å². The molecule has 0 spiro atoms. The van der Waals surface area contributed by atoms with Gasteiger partial charge in [-0.2, -0.15) is 0 Å². The van der Waals surface area contributed by atoms with E-state index < -0.39 is 12.0 Å². The molecular formula is C13H14N2O3. The number of hydrogen-bond donors (Lipinski definition) is 1. The third-order valence-corrected chi connectivity index (χ3v) is 2.91. The van der Waals surface area contributed by atoms with E-state index in [0.717, 1.165) is 6.42 Å². The van der Waals surface area contributed by atoms with Gasteiger partial charge in [0.2, 0.25) is 5.91 Å². The van der Waals surface area contributed by atoms with Crippen molar-refractivity contribution in [2.75, 3.05) is 6.54 Å². The normalized spacial score (nSPS) is 19.3. The van der Waals surface area contributed by atoms with Gasteiger partial charge < -0.3 is 10.0 Å². The molecule has 1 saturated heterocycles. The average molecular weight is 246 g/mol. The Balaban J connectivity index is 2.04. The average Bonchev–Trinajstić information content (AvgIpc) is 2.86. The Hall–Kier alpha value is -2.17. The van der Waals surface area contributed by atoms with Gasteiger partial charge in [0.25, 0.3) is 0 Å². The predicted molar refractivity (Wildman–Crippen MR) is 65.6 cm³/mol. The molecule has 1 N–H and O–H groups in total. The van der Waals surface area contributed by atoms with E-state index in [2.05, 4.69) is 4.98 Å². The number of nitrogens with zero attached hydrogens (tertiary/aromatic N) is 2. The fourth-order valence-corrected chi connectivity index (χ4v) is 2.01. The number of aliphatic carboxylic acids is 1. The lowest BCUT2D eigenvalue weighted by atomic mass is 10.2. The molecule has 1 amide bonds. The Morgan fingerprint density at radius 2 is 2.28 bits per heavy atom. The fraction of sp³-hybridized carbons (Fsp3) is 0.308. The van der Waals surface area contributed by atoms with Gasteiger partial charge in [-0.1, -0.05) is 6.07 Å². The van der Waals surface area contributed by atoms with Gasteiger partial charge in [0.1, 0.15) is 6.04 Å². The fourth-order valence-electron chi connectivity index (χ4n) is 2.01. The van der Waals surface area contributed by atoms with Crippen LogP contribution in [0.25, 0.3) is 6.08 Å². The van der Waals surface area contributed by atoms with Gasteiger partial charge in [-0.3, -0.25) is 9.78 Å². The van der Waals surface area contributed by atoms with Crippen LogP contribution in [-0.4, -0.2) is 39.5 Å². The zero-order chi connectivity index (χ0) is 13.0. The lowest BCUT2D eigenvalue weighted by Gasteiger charge is -2.19. The van der Waals surface area contributed by atoms with E-state index in [1.165, 1.54) is 11.0 Å². The molecule has 2 rings (SSSR count). The number of aromatic nitrogens is 1. The molecule has 5 heteroatoms. The molecule has 1 fully saturated rings. The predicted octanol–water partition coefficient (Wildman–Crippen LogP) is 1.17. The summed E-state index contributed by atoms with van der Waals surface area (Å²) in [5.41, 5.74) is 0.678. The zero-order valence-corrected chi connectivity index (χ0v) is 9.82. The summed E-state index contributed by atoms with van der Waals surface area (Å²) in [6.45, 7) is 0.502. The first-order valence-electron chi connectivity index (χ1n) is 5.81. The molecule has 1 unspecified atom stereocenters. The highest BCUT2D eigenvalue weighted by molar-refractivity contribution is 5.94. The van der Waals surface area contributed by atoms with Crippen molar-refractivity contribution in [2.45, 2.75) is 18.9 Å². The van der Waals surface area contributed by atoms with Crippen LogP contribution in [0.4, 0.5) is 0 Å². The molecule has 1 aromatic rings. The standard InChI is InChI=1S/C13H14N2O3/c16-12(7-6-10-4-1-2-8-14-10)15-9-3-5-11(15)13(17)18/h1-2,4,6-8,11H,3,5,9H2,(H,17,18). The second kappa shape index (κ2) is 5.44. The van der Waals surface area contributed by atoms with Crippen LogP contribution in [0.15, 0.2) is 30.5 Å². The second-order valence-electron chi connectivity index (χ2n) is 4.12. The van der Waals surface area contributed by atoms with Crippen molar-refractivity contribution < 1.29 is 14.7 Å². The summed E-state index contributed by atoms with van der Waals surface area (Å²) in [6.07, 6.45) is 5.88. The van der Waals surface area contributed by atoms with Crippen molar-refractivity contribution in [2.24, 2.45) is 0 Å². The van der Waals surface area contributed by atoms with Gasteiger partial charge in [-0.05, 0) is 31.1 Å². The molecule has 1 atom stereocenters. The minimum Gasteiger partial charge on any atom is -0.480 e. The lowest BCUT2D eigenvalue weighted by molar-refractivity contribution is -0.146. The van der Waals surface area contributed by atoms with Crippen molar-refractivity contribution >= 4 is 18.0 Å². The van der Waals surface area contributed by atoms with E-state index in [1.54, 1.807) is 24.4 Å². The first-order chi connectivity index (χ1) is 8.68. The van der Waals surface area contributed by atoms with E-state index in [1.807, 2.05) is 6.07 Å². The number of hydrogen-bond acceptors (Lipinski definition) is 3. The summed E-state index contributed by atoms with van der Waals surface area (Å²) in [7, 11) is 0.